The van der Waals surface area contributed by atoms with E-state index in [0.29, 0.717) is 11.5 Å². The number of carbonyl (C=O) groups excluding carboxylic acids is 1. The topological polar surface area (TPSA) is 99.4 Å². The molecule has 0 bridgehead atoms. The summed E-state index contributed by atoms with van der Waals surface area (Å²) in [5.41, 5.74) is 2.62. The Labute approximate surface area is 156 Å². The molecule has 0 aliphatic rings. The summed E-state index contributed by atoms with van der Waals surface area (Å²) in [6.07, 6.45) is 1.08. The van der Waals surface area contributed by atoms with Crippen LogP contribution in [0.2, 0.25) is 0 Å². The fourth-order valence-electron chi connectivity index (χ4n) is 2.46. The zero-order chi connectivity index (χ0) is 19.6. The average Bonchev–Trinajstić information content (AvgIpc) is 3.08. The quantitative estimate of drug-likeness (QED) is 0.621. The number of nitrogens with zero attached hydrogens (tertiary/aromatic N) is 2. The van der Waals surface area contributed by atoms with Crippen molar-refractivity contribution < 1.29 is 22.4 Å². The predicted molar refractivity (Wildman–Crippen MR) is 97.9 cm³/mol. The molecule has 0 amide bonds. The van der Waals surface area contributed by atoms with Gasteiger partial charge in [0.15, 0.2) is 16.4 Å². The van der Waals surface area contributed by atoms with E-state index in [0.717, 1.165) is 17.4 Å². The van der Waals surface area contributed by atoms with Crippen molar-refractivity contribution in [2.24, 2.45) is 0 Å². The van der Waals surface area contributed by atoms with Crippen LogP contribution in [-0.2, 0) is 21.2 Å². The fraction of sp³-hybridized carbons (Fsp3) is 0.211. The molecule has 0 spiro atoms. The first-order valence-electron chi connectivity index (χ1n) is 8.11. The Morgan fingerprint density at radius 1 is 1.11 bits per heavy atom. The van der Waals surface area contributed by atoms with Crippen molar-refractivity contribution in [3.8, 4) is 11.5 Å². The molecule has 0 aliphatic heterocycles. The highest BCUT2D eigenvalue weighted by molar-refractivity contribution is 7.90. The van der Waals surface area contributed by atoms with E-state index in [2.05, 4.69) is 10.2 Å². The molecule has 0 radical (unpaired) electrons. The maximum atomic E-state index is 12.3. The molecule has 8 heteroatoms. The maximum absolute atomic E-state index is 12.3. The number of benzene rings is 2. The first-order chi connectivity index (χ1) is 12.7. The summed E-state index contributed by atoms with van der Waals surface area (Å²) in [6, 6.07) is 11.9. The van der Waals surface area contributed by atoms with Crippen LogP contribution in [0.15, 0.2) is 51.8 Å². The molecule has 0 saturated carbocycles. The third-order valence-corrected chi connectivity index (χ3v) is 5.03. The van der Waals surface area contributed by atoms with Crippen LogP contribution in [0.3, 0.4) is 0 Å². The number of aromatic nitrogens is 2. The molecule has 140 valence electrons. The van der Waals surface area contributed by atoms with E-state index in [4.69, 9.17) is 9.15 Å². The van der Waals surface area contributed by atoms with Gasteiger partial charge in [-0.25, -0.2) is 13.2 Å². The van der Waals surface area contributed by atoms with Crippen LogP contribution >= 0.6 is 0 Å². The minimum absolute atomic E-state index is 0.0552. The second-order valence-corrected chi connectivity index (χ2v) is 8.21. The Morgan fingerprint density at radius 3 is 2.59 bits per heavy atom. The minimum atomic E-state index is -3.42. The van der Waals surface area contributed by atoms with Crippen molar-refractivity contribution in [2.45, 2.75) is 25.3 Å². The van der Waals surface area contributed by atoms with Gasteiger partial charge in [0.25, 0.3) is 5.89 Å². The van der Waals surface area contributed by atoms with Crippen LogP contribution in [0.1, 0.15) is 27.4 Å². The van der Waals surface area contributed by atoms with Crippen molar-refractivity contribution in [1.29, 1.82) is 0 Å². The van der Waals surface area contributed by atoms with Gasteiger partial charge in [0.2, 0.25) is 5.89 Å². The summed E-state index contributed by atoms with van der Waals surface area (Å²) in [5.74, 6) is -0.176. The lowest BCUT2D eigenvalue weighted by Crippen LogP contribution is -2.09. The lowest BCUT2D eigenvalue weighted by molar-refractivity contribution is 0.0437. The summed E-state index contributed by atoms with van der Waals surface area (Å²) >= 11 is 0. The molecular weight excluding hydrogens is 368 g/mol. The second kappa shape index (κ2) is 7.32. The first-order valence-corrected chi connectivity index (χ1v) is 10.0. The first kappa shape index (κ1) is 18.8. The standard InChI is InChI=1S/C19H18N2O5S/c1-12-5-4-6-14(9-12)18-21-20-17(26-18)11-25-19(22)16-10-15(27(3,23)24)8-7-13(16)2/h4-10H,11H2,1-3H3. The Bertz CT molecular complexity index is 1100. The SMILES string of the molecule is Cc1cccc(-c2nnc(COC(=O)c3cc(S(C)(=O)=O)ccc3C)o2)c1. The van der Waals surface area contributed by atoms with Gasteiger partial charge >= 0.3 is 5.97 Å². The lowest BCUT2D eigenvalue weighted by Gasteiger charge is -2.07. The predicted octanol–water partition coefficient (Wildman–Crippen LogP) is 3.11. The van der Waals surface area contributed by atoms with E-state index in [1.54, 1.807) is 13.0 Å². The van der Waals surface area contributed by atoms with Crippen LogP contribution in [0.25, 0.3) is 11.5 Å². The molecule has 0 unspecified atom stereocenters. The highest BCUT2D eigenvalue weighted by Crippen LogP contribution is 2.20. The van der Waals surface area contributed by atoms with E-state index >= 15 is 0 Å². The zero-order valence-corrected chi connectivity index (χ0v) is 15.9. The van der Waals surface area contributed by atoms with Crippen LogP contribution < -0.4 is 0 Å². The van der Waals surface area contributed by atoms with Crippen molar-refractivity contribution >= 4 is 15.8 Å². The van der Waals surface area contributed by atoms with Crippen molar-refractivity contribution in [3.05, 3.63) is 65.0 Å². The van der Waals surface area contributed by atoms with Gasteiger partial charge in [-0.1, -0.05) is 23.8 Å². The number of ether oxygens (including phenoxy) is 1. The molecule has 0 atom stereocenters. The molecule has 1 aromatic heterocycles. The van der Waals surface area contributed by atoms with Gasteiger partial charge in [0.05, 0.1) is 10.5 Å². The molecule has 0 aliphatic carbocycles. The van der Waals surface area contributed by atoms with Crippen molar-refractivity contribution in [2.75, 3.05) is 6.26 Å². The van der Waals surface area contributed by atoms with Gasteiger partial charge in [0.1, 0.15) is 0 Å². The molecule has 0 saturated heterocycles. The van der Waals surface area contributed by atoms with Gasteiger partial charge in [-0.15, -0.1) is 10.2 Å². The normalized spacial score (nSPS) is 11.4. The van der Waals surface area contributed by atoms with Crippen molar-refractivity contribution in [3.63, 3.8) is 0 Å². The van der Waals surface area contributed by atoms with E-state index < -0.39 is 15.8 Å². The third kappa shape index (κ3) is 4.40. The van der Waals surface area contributed by atoms with E-state index in [1.165, 1.54) is 12.1 Å². The number of rotatable bonds is 5. The summed E-state index contributed by atoms with van der Waals surface area (Å²) in [6.45, 7) is 3.45. The Balaban J connectivity index is 1.73. The molecule has 0 N–H and O–H groups in total. The van der Waals surface area contributed by atoms with Crippen LogP contribution in [0.4, 0.5) is 0 Å². The number of hydrogen-bond acceptors (Lipinski definition) is 7. The fourth-order valence-corrected chi connectivity index (χ4v) is 3.11. The number of esters is 1. The third-order valence-electron chi connectivity index (χ3n) is 3.92. The maximum Gasteiger partial charge on any atom is 0.338 e. The number of aryl methyl sites for hydroxylation is 2. The molecule has 0 fully saturated rings. The molecule has 27 heavy (non-hydrogen) atoms. The molecule has 3 aromatic rings. The number of carbonyl (C=O) groups is 1. The van der Waals surface area contributed by atoms with Crippen molar-refractivity contribution in [1.82, 2.24) is 10.2 Å². The van der Waals surface area contributed by atoms with Gasteiger partial charge < -0.3 is 9.15 Å². The summed E-state index contributed by atoms with van der Waals surface area (Å²) < 4.78 is 34.1. The molecule has 2 aromatic carbocycles. The molecule has 7 nitrogen and oxygen atoms in total. The summed E-state index contributed by atoms with van der Waals surface area (Å²) in [4.78, 5) is 12.4. The van der Waals surface area contributed by atoms with Gasteiger partial charge in [0, 0.05) is 11.8 Å². The van der Waals surface area contributed by atoms with Crippen LogP contribution in [0, 0.1) is 13.8 Å². The Hall–Kier alpha value is -3.00. The zero-order valence-electron chi connectivity index (χ0n) is 15.1. The average molecular weight is 386 g/mol. The largest absolute Gasteiger partial charge is 0.452 e. The number of sulfone groups is 1. The van der Waals surface area contributed by atoms with Gasteiger partial charge in [-0.05, 0) is 43.7 Å². The summed E-state index contributed by atoms with van der Waals surface area (Å²) in [5, 5.41) is 7.83. The Morgan fingerprint density at radius 2 is 1.89 bits per heavy atom. The number of hydrogen-bond donors (Lipinski definition) is 0. The molecular formula is C19H18N2O5S. The van der Waals surface area contributed by atoms with Crippen LogP contribution in [0.5, 0.6) is 0 Å². The minimum Gasteiger partial charge on any atom is -0.452 e. The van der Waals surface area contributed by atoms with Gasteiger partial charge in [-0.3, -0.25) is 0 Å². The highest BCUT2D eigenvalue weighted by atomic mass is 32.2. The van der Waals surface area contributed by atoms with E-state index in [9.17, 15) is 13.2 Å². The monoisotopic (exact) mass is 386 g/mol. The van der Waals surface area contributed by atoms with E-state index in [1.807, 2.05) is 31.2 Å². The van der Waals surface area contributed by atoms with Crippen LogP contribution in [-0.4, -0.2) is 30.8 Å². The Kier molecular flexibility index (Phi) is 5.09. The highest BCUT2D eigenvalue weighted by Gasteiger charge is 2.17. The lowest BCUT2D eigenvalue weighted by atomic mass is 10.1. The molecule has 3 rings (SSSR count). The summed E-state index contributed by atoms with van der Waals surface area (Å²) in [7, 11) is -3.42. The van der Waals surface area contributed by atoms with E-state index in [-0.39, 0.29) is 23.0 Å². The second-order valence-electron chi connectivity index (χ2n) is 6.20. The van der Waals surface area contributed by atoms with Gasteiger partial charge in [-0.2, -0.15) is 0 Å². The molecule has 1 heterocycles. The smallest absolute Gasteiger partial charge is 0.338 e.